The summed E-state index contributed by atoms with van der Waals surface area (Å²) in [5.74, 6) is -3.06. The van der Waals surface area contributed by atoms with Gasteiger partial charge in [-0.1, -0.05) is 100 Å². The van der Waals surface area contributed by atoms with E-state index < -0.39 is 80.1 Å². The first-order chi connectivity index (χ1) is 27.5. The zero-order valence-electron chi connectivity index (χ0n) is 33.3. The molecule has 58 heavy (non-hydrogen) atoms. The van der Waals surface area contributed by atoms with Gasteiger partial charge < -0.3 is 20.8 Å². The number of hydrogen-bond donors (Lipinski definition) is 6. The minimum atomic E-state index is -3.97. The van der Waals surface area contributed by atoms with Crippen molar-refractivity contribution in [1.82, 2.24) is 30.0 Å². The summed E-state index contributed by atoms with van der Waals surface area (Å²) in [4.78, 5) is 36.3. The molecule has 2 unspecified atom stereocenters. The van der Waals surface area contributed by atoms with Crippen LogP contribution in [0.3, 0.4) is 0 Å². The van der Waals surface area contributed by atoms with E-state index in [2.05, 4.69) is 30.0 Å². The lowest BCUT2D eigenvalue weighted by molar-refractivity contribution is -0.129. The Morgan fingerprint density at radius 3 is 1.21 bits per heavy atom. The topological polar surface area (TPSA) is 217 Å². The van der Waals surface area contributed by atoms with Gasteiger partial charge in [-0.2, -0.15) is 0 Å². The fraction of sp³-hybridized carbons (Fsp3) is 0.429. The van der Waals surface area contributed by atoms with E-state index in [-0.39, 0.29) is 37.2 Å². The van der Waals surface area contributed by atoms with Crippen molar-refractivity contribution in [2.75, 3.05) is 11.5 Å². The molecule has 2 aromatic heterocycles. The number of aryl methyl sites for hydroxylation is 2. The van der Waals surface area contributed by atoms with Gasteiger partial charge in [0.2, 0.25) is 31.9 Å². The highest BCUT2D eigenvalue weighted by atomic mass is 32.2. The van der Waals surface area contributed by atoms with Crippen molar-refractivity contribution in [1.29, 1.82) is 0 Å². The van der Waals surface area contributed by atoms with Crippen molar-refractivity contribution in [3.63, 3.8) is 0 Å². The SMILES string of the molecule is CC(C)C(NS(=O)(=O)CCc1ccccn1)C(=O)N[C@@H](Cc1ccccc1)[C@@H](O)[C@H](O)[C@H](Cc1ccccc1)NC(=O)C(NS(=O)(=O)CCc1ccccn1)C(C)C. The number of aromatic nitrogens is 2. The minimum Gasteiger partial charge on any atom is -0.388 e. The van der Waals surface area contributed by atoms with Gasteiger partial charge in [0.15, 0.2) is 0 Å². The molecule has 0 fully saturated rings. The second-order valence-corrected chi connectivity index (χ2v) is 18.8. The molecule has 0 aliphatic heterocycles. The van der Waals surface area contributed by atoms with Crippen LogP contribution in [0.2, 0.25) is 0 Å². The Labute approximate surface area is 342 Å². The van der Waals surface area contributed by atoms with Gasteiger partial charge in [-0.3, -0.25) is 19.6 Å². The predicted molar refractivity (Wildman–Crippen MR) is 223 cm³/mol. The van der Waals surface area contributed by atoms with Crippen LogP contribution in [0.1, 0.15) is 50.2 Å². The summed E-state index contributed by atoms with van der Waals surface area (Å²) in [7, 11) is -7.94. The third-order valence-corrected chi connectivity index (χ3v) is 12.4. The molecule has 14 nitrogen and oxygen atoms in total. The normalized spacial score (nSPS) is 15.2. The Bertz CT molecular complexity index is 1930. The van der Waals surface area contributed by atoms with E-state index in [0.717, 1.165) is 0 Å². The molecule has 0 spiro atoms. The molecule has 0 bridgehead atoms. The molecule has 2 heterocycles. The quantitative estimate of drug-likeness (QED) is 0.0641. The van der Waals surface area contributed by atoms with Crippen LogP contribution < -0.4 is 20.1 Å². The average molecular weight is 837 g/mol. The van der Waals surface area contributed by atoms with Crippen LogP contribution >= 0.6 is 0 Å². The molecular weight excluding hydrogens is 781 g/mol. The fourth-order valence-corrected chi connectivity index (χ4v) is 9.05. The van der Waals surface area contributed by atoms with Crippen LogP contribution in [-0.2, 0) is 55.3 Å². The first-order valence-electron chi connectivity index (χ1n) is 19.4. The van der Waals surface area contributed by atoms with Crippen molar-refractivity contribution in [2.45, 2.75) is 89.8 Å². The fourth-order valence-electron chi connectivity index (χ4n) is 6.33. The summed E-state index contributed by atoms with van der Waals surface area (Å²) >= 11 is 0. The van der Waals surface area contributed by atoms with E-state index in [1.54, 1.807) is 137 Å². The van der Waals surface area contributed by atoms with Crippen molar-refractivity contribution >= 4 is 31.9 Å². The highest BCUT2D eigenvalue weighted by molar-refractivity contribution is 7.89. The maximum atomic E-state index is 14.0. The highest BCUT2D eigenvalue weighted by Crippen LogP contribution is 2.17. The monoisotopic (exact) mass is 836 g/mol. The van der Waals surface area contributed by atoms with E-state index in [0.29, 0.717) is 22.5 Å². The maximum absolute atomic E-state index is 14.0. The van der Waals surface area contributed by atoms with Crippen LogP contribution in [0.15, 0.2) is 109 Å². The molecule has 2 amide bonds. The first-order valence-corrected chi connectivity index (χ1v) is 22.7. The summed E-state index contributed by atoms with van der Waals surface area (Å²) < 4.78 is 57.8. The third kappa shape index (κ3) is 15.0. The van der Waals surface area contributed by atoms with Gasteiger partial charge >= 0.3 is 0 Å². The predicted octanol–water partition coefficient (Wildman–Crippen LogP) is 2.33. The van der Waals surface area contributed by atoms with Gasteiger partial charge in [-0.25, -0.2) is 26.3 Å². The molecule has 4 aromatic rings. The lowest BCUT2D eigenvalue weighted by atomic mass is 9.90. The standard InChI is InChI=1S/C42H56N6O8S2/c1-29(2)37(47-57(53,54)25-21-33-19-11-13-23-43-33)41(51)45-35(27-31-15-7-5-8-16-31)39(49)40(50)36(28-32-17-9-6-10-18-32)46-42(52)38(30(3)4)48-58(55,56)26-22-34-20-12-14-24-44-34/h5-20,23-24,29-30,35-40,47-50H,21-22,25-28H2,1-4H3,(H,45,51)(H,46,52)/t35-,36-,37?,38?,39+,40+/m0/s1. The van der Waals surface area contributed by atoms with Gasteiger partial charge in [0.1, 0.15) is 24.3 Å². The van der Waals surface area contributed by atoms with Crippen molar-refractivity contribution < 1.29 is 36.6 Å². The summed E-state index contributed by atoms with van der Waals surface area (Å²) in [5.41, 5.74) is 2.57. The molecule has 16 heteroatoms. The number of aliphatic hydroxyl groups is 2. The Kier molecular flexibility index (Phi) is 17.5. The van der Waals surface area contributed by atoms with E-state index in [4.69, 9.17) is 0 Å². The Hall–Kier alpha value is -4.58. The molecule has 6 N–H and O–H groups in total. The molecule has 4 rings (SSSR count). The number of nitrogens with zero attached hydrogens (tertiary/aromatic N) is 2. The molecular formula is C42H56N6O8S2. The van der Waals surface area contributed by atoms with E-state index in [9.17, 15) is 36.6 Å². The maximum Gasteiger partial charge on any atom is 0.238 e. The molecule has 0 saturated heterocycles. The molecule has 6 atom stereocenters. The number of carbonyl (C=O) groups excluding carboxylic acids is 2. The van der Waals surface area contributed by atoms with Crippen molar-refractivity contribution in [3.8, 4) is 0 Å². The number of carbonyl (C=O) groups is 2. The Balaban J connectivity index is 1.57. The van der Waals surface area contributed by atoms with Crippen LogP contribution in [0.25, 0.3) is 0 Å². The number of aliphatic hydroxyl groups excluding tert-OH is 2. The van der Waals surface area contributed by atoms with Crippen LogP contribution in [0.5, 0.6) is 0 Å². The first kappa shape index (κ1) is 46.1. The highest BCUT2D eigenvalue weighted by Gasteiger charge is 2.38. The molecule has 2 aromatic carbocycles. The number of pyridine rings is 2. The molecule has 314 valence electrons. The summed E-state index contributed by atoms with van der Waals surface area (Å²) in [6.07, 6.45) is 0.0826. The molecule has 0 aliphatic rings. The van der Waals surface area contributed by atoms with Gasteiger partial charge in [-0.05, 0) is 60.1 Å². The molecule has 0 saturated carbocycles. The Morgan fingerprint density at radius 2 is 0.897 bits per heavy atom. The minimum absolute atomic E-state index is 0.0404. The number of rotatable bonds is 23. The smallest absolute Gasteiger partial charge is 0.238 e. The number of amides is 2. The zero-order valence-corrected chi connectivity index (χ0v) is 34.9. The Morgan fingerprint density at radius 1 is 0.552 bits per heavy atom. The summed E-state index contributed by atoms with van der Waals surface area (Å²) in [5, 5.41) is 29.5. The van der Waals surface area contributed by atoms with Gasteiger partial charge in [0, 0.05) is 36.6 Å². The van der Waals surface area contributed by atoms with Crippen molar-refractivity contribution in [2.24, 2.45) is 11.8 Å². The number of nitrogens with one attached hydrogen (secondary N) is 4. The lowest BCUT2D eigenvalue weighted by Gasteiger charge is -2.35. The number of benzene rings is 2. The van der Waals surface area contributed by atoms with Crippen LogP contribution in [-0.4, -0.2) is 96.7 Å². The van der Waals surface area contributed by atoms with Gasteiger partial charge in [0.25, 0.3) is 0 Å². The van der Waals surface area contributed by atoms with E-state index >= 15 is 0 Å². The van der Waals surface area contributed by atoms with E-state index in [1.807, 2.05) is 0 Å². The zero-order chi connectivity index (χ0) is 42.3. The van der Waals surface area contributed by atoms with Crippen molar-refractivity contribution in [3.05, 3.63) is 132 Å². The second-order valence-electron chi connectivity index (χ2n) is 15.0. The molecule has 0 radical (unpaired) electrons. The second kappa shape index (κ2) is 22.0. The van der Waals surface area contributed by atoms with Crippen LogP contribution in [0, 0.1) is 11.8 Å². The summed E-state index contributed by atoms with van der Waals surface area (Å²) in [6, 6.07) is 23.5. The molecule has 0 aliphatic carbocycles. The van der Waals surface area contributed by atoms with Gasteiger partial charge in [-0.15, -0.1) is 0 Å². The van der Waals surface area contributed by atoms with Gasteiger partial charge in [0.05, 0.1) is 23.6 Å². The summed E-state index contributed by atoms with van der Waals surface area (Å²) in [6.45, 7) is 6.75. The lowest BCUT2D eigenvalue weighted by Crippen LogP contribution is -2.61. The third-order valence-electron chi connectivity index (χ3n) is 9.64. The average Bonchev–Trinajstić information content (AvgIpc) is 3.21. The largest absolute Gasteiger partial charge is 0.388 e. The van der Waals surface area contributed by atoms with Crippen LogP contribution in [0.4, 0.5) is 0 Å². The number of hydrogen-bond acceptors (Lipinski definition) is 10. The van der Waals surface area contributed by atoms with E-state index in [1.165, 1.54) is 0 Å². The number of sulfonamides is 2.